The monoisotopic (exact) mass is 398 g/mol. The van der Waals surface area contributed by atoms with Gasteiger partial charge in [-0.1, -0.05) is 66.7 Å². The quantitative estimate of drug-likeness (QED) is 0.376. The predicted octanol–water partition coefficient (Wildman–Crippen LogP) is 4.08. The minimum absolute atomic E-state index is 0.205. The maximum Gasteiger partial charge on any atom is 0.254 e. The maximum atomic E-state index is 12.1. The van der Waals surface area contributed by atoms with Gasteiger partial charge in [0.1, 0.15) is 11.3 Å². The molecule has 5 N–H and O–H groups in total. The summed E-state index contributed by atoms with van der Waals surface area (Å²) >= 11 is 0. The molecule has 6 heteroatoms. The van der Waals surface area contributed by atoms with Crippen molar-refractivity contribution in [1.82, 2.24) is 10.2 Å². The van der Waals surface area contributed by atoms with Gasteiger partial charge in [0.05, 0.1) is 5.69 Å². The van der Waals surface area contributed by atoms with Gasteiger partial charge in [0.15, 0.2) is 5.82 Å². The first-order valence-corrected chi connectivity index (χ1v) is 9.63. The number of primary amides is 1. The van der Waals surface area contributed by atoms with E-state index in [0.29, 0.717) is 30.0 Å². The summed E-state index contributed by atoms with van der Waals surface area (Å²) in [6.45, 7) is 0.455. The number of nitrogens with zero attached hydrogens (tertiary/aromatic N) is 1. The number of phenols is 1. The molecule has 0 aliphatic rings. The third-order valence-electron chi connectivity index (χ3n) is 4.93. The molecule has 150 valence electrons. The van der Waals surface area contributed by atoms with Crippen LogP contribution in [0.15, 0.2) is 78.9 Å². The largest absolute Gasteiger partial charge is 0.508 e. The fourth-order valence-electron chi connectivity index (χ4n) is 3.35. The number of hydrogen-bond donors (Lipinski definition) is 4. The number of aromatic hydroxyl groups is 1. The molecule has 0 atom stereocenters. The SMILES string of the molecule is NC(=O)c1c(NCc2ccc(O)cc2)n[nH]c1Cc1ccc(-c2ccccc2)cc1. The zero-order valence-electron chi connectivity index (χ0n) is 16.3. The van der Waals surface area contributed by atoms with Crippen molar-refractivity contribution in [3.8, 4) is 16.9 Å². The fraction of sp³-hybridized carbons (Fsp3) is 0.0833. The molecule has 1 aromatic heterocycles. The zero-order valence-corrected chi connectivity index (χ0v) is 16.3. The molecule has 4 aromatic rings. The normalized spacial score (nSPS) is 10.7. The summed E-state index contributed by atoms with van der Waals surface area (Å²) in [5.74, 6) is 0.0938. The minimum atomic E-state index is -0.534. The van der Waals surface area contributed by atoms with Gasteiger partial charge in [0.2, 0.25) is 0 Å². The Bertz CT molecular complexity index is 1130. The highest BCUT2D eigenvalue weighted by Crippen LogP contribution is 2.23. The maximum absolute atomic E-state index is 12.1. The summed E-state index contributed by atoms with van der Waals surface area (Å²) in [6.07, 6.45) is 0.515. The van der Waals surface area contributed by atoms with Gasteiger partial charge in [0.25, 0.3) is 5.91 Å². The van der Waals surface area contributed by atoms with Crippen molar-refractivity contribution in [1.29, 1.82) is 0 Å². The molecule has 0 unspecified atom stereocenters. The Balaban J connectivity index is 1.50. The van der Waals surface area contributed by atoms with Crippen LogP contribution in [-0.4, -0.2) is 21.2 Å². The first-order valence-electron chi connectivity index (χ1n) is 9.63. The van der Waals surface area contributed by atoms with E-state index in [1.807, 2.05) is 30.3 Å². The van der Waals surface area contributed by atoms with E-state index in [-0.39, 0.29) is 5.75 Å². The molecule has 0 aliphatic heterocycles. The molecule has 30 heavy (non-hydrogen) atoms. The molecule has 1 heterocycles. The second kappa shape index (κ2) is 8.53. The number of hydrogen-bond acceptors (Lipinski definition) is 4. The van der Waals surface area contributed by atoms with Crippen molar-refractivity contribution in [3.63, 3.8) is 0 Å². The van der Waals surface area contributed by atoms with Crippen LogP contribution in [0.3, 0.4) is 0 Å². The molecule has 0 fully saturated rings. The number of anilines is 1. The van der Waals surface area contributed by atoms with Gasteiger partial charge in [-0.2, -0.15) is 5.10 Å². The van der Waals surface area contributed by atoms with Gasteiger partial charge in [0, 0.05) is 13.0 Å². The molecule has 0 saturated heterocycles. The molecule has 0 radical (unpaired) electrons. The first-order chi connectivity index (χ1) is 14.6. The summed E-state index contributed by atoms with van der Waals surface area (Å²) in [4.78, 5) is 12.1. The van der Waals surface area contributed by atoms with Crippen LogP contribution in [0, 0.1) is 0 Å². The number of benzene rings is 3. The van der Waals surface area contributed by atoms with E-state index in [2.05, 4.69) is 39.8 Å². The average molecular weight is 398 g/mol. The van der Waals surface area contributed by atoms with E-state index in [1.165, 1.54) is 0 Å². The highest BCUT2D eigenvalue weighted by atomic mass is 16.3. The van der Waals surface area contributed by atoms with Crippen molar-refractivity contribution in [2.45, 2.75) is 13.0 Å². The number of amides is 1. The van der Waals surface area contributed by atoms with Crippen LogP contribution in [0.1, 0.15) is 27.2 Å². The Morgan fingerprint density at radius 3 is 2.20 bits per heavy atom. The number of rotatable bonds is 7. The van der Waals surface area contributed by atoms with Gasteiger partial charge in [-0.05, 0) is 34.4 Å². The topological polar surface area (TPSA) is 104 Å². The van der Waals surface area contributed by atoms with Crippen LogP contribution in [0.4, 0.5) is 5.82 Å². The Hall–Kier alpha value is -4.06. The van der Waals surface area contributed by atoms with E-state index in [4.69, 9.17) is 5.73 Å². The van der Waals surface area contributed by atoms with Gasteiger partial charge in [-0.15, -0.1) is 0 Å². The molecule has 3 aromatic carbocycles. The van der Waals surface area contributed by atoms with Crippen molar-refractivity contribution in [2.75, 3.05) is 5.32 Å². The number of H-pyrrole nitrogens is 1. The summed E-state index contributed by atoms with van der Waals surface area (Å²) in [7, 11) is 0. The smallest absolute Gasteiger partial charge is 0.254 e. The molecule has 0 aliphatic carbocycles. The van der Waals surface area contributed by atoms with Crippen LogP contribution >= 0.6 is 0 Å². The molecular formula is C24H22N4O2. The molecule has 0 bridgehead atoms. The summed E-state index contributed by atoms with van der Waals surface area (Å²) in [5, 5.41) is 19.7. The van der Waals surface area contributed by atoms with Gasteiger partial charge in [-0.25, -0.2) is 0 Å². The van der Waals surface area contributed by atoms with E-state index >= 15 is 0 Å². The summed E-state index contributed by atoms with van der Waals surface area (Å²) < 4.78 is 0. The standard InChI is InChI=1S/C24H22N4O2/c25-23(30)22-21(27-28-24(22)26-15-17-8-12-20(29)13-9-17)14-16-6-10-19(11-7-16)18-4-2-1-3-5-18/h1-13,29H,14-15H2,(H2,25,30)(H2,26,27,28). The lowest BCUT2D eigenvalue weighted by Gasteiger charge is -2.07. The number of aromatic amines is 1. The van der Waals surface area contributed by atoms with Gasteiger partial charge in [-0.3, -0.25) is 9.89 Å². The number of nitrogens with one attached hydrogen (secondary N) is 2. The number of carbonyl (C=O) groups excluding carboxylic acids is 1. The second-order valence-electron chi connectivity index (χ2n) is 7.05. The highest BCUT2D eigenvalue weighted by molar-refractivity contribution is 5.99. The van der Waals surface area contributed by atoms with E-state index < -0.39 is 5.91 Å². The molecule has 6 nitrogen and oxygen atoms in total. The van der Waals surface area contributed by atoms with Crippen molar-refractivity contribution < 1.29 is 9.90 Å². The van der Waals surface area contributed by atoms with Gasteiger partial charge >= 0.3 is 0 Å². The lowest BCUT2D eigenvalue weighted by Crippen LogP contribution is -2.15. The van der Waals surface area contributed by atoms with Crippen LogP contribution < -0.4 is 11.1 Å². The summed E-state index contributed by atoms with van der Waals surface area (Å²) in [6, 6.07) is 25.2. The Morgan fingerprint density at radius 2 is 1.53 bits per heavy atom. The van der Waals surface area contributed by atoms with Crippen molar-refractivity contribution >= 4 is 11.7 Å². The third kappa shape index (κ3) is 4.33. The predicted molar refractivity (Wildman–Crippen MR) is 117 cm³/mol. The number of nitrogens with two attached hydrogens (primary N) is 1. The summed E-state index contributed by atoms with van der Waals surface area (Å²) in [5.41, 5.74) is 10.9. The van der Waals surface area contributed by atoms with Crippen molar-refractivity contribution in [3.05, 3.63) is 101 Å². The lowest BCUT2D eigenvalue weighted by molar-refractivity contribution is 0.100. The third-order valence-corrected chi connectivity index (χ3v) is 4.93. The molecular weight excluding hydrogens is 376 g/mol. The minimum Gasteiger partial charge on any atom is -0.508 e. The number of phenolic OH excluding ortho intramolecular Hbond substituents is 1. The van der Waals surface area contributed by atoms with Crippen LogP contribution in [0.2, 0.25) is 0 Å². The van der Waals surface area contributed by atoms with Crippen molar-refractivity contribution in [2.24, 2.45) is 5.73 Å². The van der Waals surface area contributed by atoms with E-state index in [0.717, 1.165) is 22.3 Å². The van der Waals surface area contributed by atoms with Gasteiger partial charge < -0.3 is 16.2 Å². The van der Waals surface area contributed by atoms with E-state index in [1.54, 1.807) is 24.3 Å². The molecule has 0 spiro atoms. The number of aromatic nitrogens is 2. The van der Waals surface area contributed by atoms with E-state index in [9.17, 15) is 9.90 Å². The molecule has 4 rings (SSSR count). The van der Waals surface area contributed by atoms with Crippen LogP contribution in [-0.2, 0) is 13.0 Å². The lowest BCUT2D eigenvalue weighted by atomic mass is 10.0. The number of carbonyl (C=O) groups is 1. The van der Waals surface area contributed by atoms with Crippen LogP contribution in [0.5, 0.6) is 5.75 Å². The fourth-order valence-corrected chi connectivity index (χ4v) is 3.35. The Kier molecular flexibility index (Phi) is 5.48. The molecule has 0 saturated carbocycles. The second-order valence-corrected chi connectivity index (χ2v) is 7.05. The first kappa shape index (κ1) is 19.3. The highest BCUT2D eigenvalue weighted by Gasteiger charge is 2.18. The Morgan fingerprint density at radius 1 is 0.900 bits per heavy atom. The molecule has 1 amide bonds. The van der Waals surface area contributed by atoms with Crippen LogP contribution in [0.25, 0.3) is 11.1 Å². The average Bonchev–Trinajstić information content (AvgIpc) is 3.17. The zero-order chi connectivity index (χ0) is 20.9. The Labute approximate surface area is 174 Å².